The fourth-order valence-electron chi connectivity index (χ4n) is 4.79. The van der Waals surface area contributed by atoms with Crippen molar-refractivity contribution in [2.75, 3.05) is 43.9 Å². The first-order chi connectivity index (χ1) is 17.6. The van der Waals surface area contributed by atoms with Crippen molar-refractivity contribution in [2.45, 2.75) is 59.1 Å². The molecule has 0 radical (unpaired) electrons. The van der Waals surface area contributed by atoms with E-state index in [2.05, 4.69) is 34.7 Å². The number of urea groups is 1. The highest BCUT2D eigenvalue weighted by atomic mass is 16.5. The molecular weight excluding hydrogens is 474 g/mol. The van der Waals surface area contributed by atoms with Crippen LogP contribution in [0.15, 0.2) is 22.7 Å². The van der Waals surface area contributed by atoms with Gasteiger partial charge in [0.05, 0.1) is 19.1 Å². The molecule has 1 aliphatic carbocycles. The Labute approximate surface area is 218 Å². The van der Waals surface area contributed by atoms with E-state index in [1.807, 2.05) is 13.0 Å². The second kappa shape index (κ2) is 11.5. The van der Waals surface area contributed by atoms with E-state index in [-0.39, 0.29) is 37.0 Å². The van der Waals surface area contributed by atoms with Crippen LogP contribution in [0.3, 0.4) is 0 Å². The van der Waals surface area contributed by atoms with E-state index in [4.69, 9.17) is 9.26 Å². The van der Waals surface area contributed by atoms with E-state index in [0.717, 1.165) is 19.0 Å². The quantitative estimate of drug-likeness (QED) is 0.495. The summed E-state index contributed by atoms with van der Waals surface area (Å²) < 4.78 is 11.7. The summed E-state index contributed by atoms with van der Waals surface area (Å²) in [5.41, 5.74) is 2.35. The second-order valence-electron chi connectivity index (χ2n) is 10.7. The van der Waals surface area contributed by atoms with Gasteiger partial charge in [-0.25, -0.2) is 4.79 Å². The number of rotatable bonds is 8. The maximum atomic E-state index is 13.4. The van der Waals surface area contributed by atoms with Gasteiger partial charge in [-0.15, -0.1) is 0 Å². The Kier molecular flexibility index (Phi) is 8.39. The zero-order valence-corrected chi connectivity index (χ0v) is 22.4. The fraction of sp³-hybridized carbons (Fsp3) is 0.593. The van der Waals surface area contributed by atoms with Crippen LogP contribution in [0.1, 0.15) is 43.7 Å². The van der Waals surface area contributed by atoms with Crippen molar-refractivity contribution in [3.05, 3.63) is 35.2 Å². The highest BCUT2D eigenvalue weighted by Crippen LogP contribution is 2.31. The van der Waals surface area contributed by atoms with Gasteiger partial charge in [0.1, 0.15) is 23.2 Å². The summed E-state index contributed by atoms with van der Waals surface area (Å²) in [7, 11) is 2.12. The predicted molar refractivity (Wildman–Crippen MR) is 141 cm³/mol. The van der Waals surface area contributed by atoms with Gasteiger partial charge in [-0.2, -0.15) is 0 Å². The average Bonchev–Trinajstić information content (AvgIpc) is 3.61. The molecule has 3 amide bonds. The number of aliphatic hydroxyl groups excluding tert-OH is 1. The first-order valence-corrected chi connectivity index (χ1v) is 13.0. The zero-order chi connectivity index (χ0) is 26.7. The Balaban J connectivity index is 1.56. The van der Waals surface area contributed by atoms with Crippen molar-refractivity contribution in [1.82, 2.24) is 15.0 Å². The van der Waals surface area contributed by atoms with E-state index in [0.29, 0.717) is 40.7 Å². The number of carbonyl (C=O) groups is 2. The number of nitrogens with zero attached hydrogens (tertiary/aromatic N) is 3. The number of hydrogen-bond donors (Lipinski definition) is 3. The number of fused-ring (bicyclic) bond motifs is 1. The van der Waals surface area contributed by atoms with Crippen LogP contribution in [-0.4, -0.2) is 77.4 Å². The van der Waals surface area contributed by atoms with E-state index in [1.165, 1.54) is 12.8 Å². The minimum absolute atomic E-state index is 0.0594. The SMILES string of the molecule is Cc1noc(C)c1NC(=O)Nc1ccc2c(c1)CC(=O)N([C@H](C)CO)C[C@H](C)[C@@H](CN(C)CC1CC1)O2. The molecule has 2 aliphatic rings. The Bertz CT molecular complexity index is 1100. The number of anilines is 2. The number of benzene rings is 1. The highest BCUT2D eigenvalue weighted by molar-refractivity contribution is 6.00. The molecule has 1 aromatic carbocycles. The van der Waals surface area contributed by atoms with E-state index >= 15 is 0 Å². The van der Waals surface area contributed by atoms with Crippen LogP contribution in [0.5, 0.6) is 5.75 Å². The lowest BCUT2D eigenvalue weighted by Crippen LogP contribution is -2.47. The Morgan fingerprint density at radius 3 is 2.68 bits per heavy atom. The Morgan fingerprint density at radius 1 is 1.27 bits per heavy atom. The standard InChI is InChI=1S/C27H39N5O5/c1-16-12-32(17(2)15-33)25(34)11-21-10-22(28-27(35)29-26-18(3)30-37-19(26)4)8-9-23(21)36-24(16)14-31(5)13-20-6-7-20/h8-10,16-17,20,24,33H,6-7,11-15H2,1-5H3,(H2,28,29,35)/t16-,17+,24+/m0/s1. The van der Waals surface area contributed by atoms with Gasteiger partial charge in [-0.1, -0.05) is 12.1 Å². The average molecular weight is 514 g/mol. The summed E-state index contributed by atoms with van der Waals surface area (Å²) in [6.07, 6.45) is 2.54. The second-order valence-corrected chi connectivity index (χ2v) is 10.7. The third kappa shape index (κ3) is 6.81. The maximum Gasteiger partial charge on any atom is 0.323 e. The smallest absolute Gasteiger partial charge is 0.323 e. The fourth-order valence-corrected chi connectivity index (χ4v) is 4.79. The number of amides is 3. The molecule has 0 spiro atoms. The molecule has 1 saturated carbocycles. The van der Waals surface area contributed by atoms with Crippen LogP contribution in [0, 0.1) is 25.7 Å². The molecule has 1 aromatic heterocycles. The van der Waals surface area contributed by atoms with Gasteiger partial charge in [0.15, 0.2) is 5.76 Å². The van der Waals surface area contributed by atoms with Gasteiger partial charge in [0.2, 0.25) is 5.91 Å². The molecule has 2 aromatic rings. The van der Waals surface area contributed by atoms with E-state index in [1.54, 1.807) is 30.9 Å². The van der Waals surface area contributed by atoms with Gasteiger partial charge in [0.25, 0.3) is 0 Å². The molecule has 4 rings (SSSR count). The summed E-state index contributed by atoms with van der Waals surface area (Å²) in [5, 5.41) is 19.3. The molecule has 0 bridgehead atoms. The molecule has 3 atom stereocenters. The number of nitrogens with one attached hydrogen (secondary N) is 2. The molecule has 1 fully saturated rings. The van der Waals surface area contributed by atoms with Crippen LogP contribution in [0.25, 0.3) is 0 Å². The van der Waals surface area contributed by atoms with Gasteiger partial charge >= 0.3 is 6.03 Å². The van der Waals surface area contributed by atoms with Gasteiger partial charge in [-0.05, 0) is 64.8 Å². The molecule has 0 unspecified atom stereocenters. The lowest BCUT2D eigenvalue weighted by Gasteiger charge is -2.34. The molecule has 10 nitrogen and oxygen atoms in total. The number of hydrogen-bond acceptors (Lipinski definition) is 7. The van der Waals surface area contributed by atoms with Crippen molar-refractivity contribution in [1.29, 1.82) is 0 Å². The summed E-state index contributed by atoms with van der Waals surface area (Å²) in [6.45, 7) is 9.61. The van der Waals surface area contributed by atoms with Gasteiger partial charge < -0.3 is 34.8 Å². The molecule has 1 aliphatic heterocycles. The number of aromatic nitrogens is 1. The maximum absolute atomic E-state index is 13.4. The third-order valence-electron chi connectivity index (χ3n) is 7.20. The molecule has 202 valence electrons. The third-order valence-corrected chi connectivity index (χ3v) is 7.20. The van der Waals surface area contributed by atoms with Crippen molar-refractivity contribution in [3.8, 4) is 5.75 Å². The summed E-state index contributed by atoms with van der Waals surface area (Å²) in [4.78, 5) is 30.1. The minimum Gasteiger partial charge on any atom is -0.488 e. The summed E-state index contributed by atoms with van der Waals surface area (Å²) in [6, 6.07) is 4.64. The molecular formula is C27H39N5O5. The first kappa shape index (κ1) is 26.9. The number of carbonyl (C=O) groups excluding carboxylic acids is 2. The number of aliphatic hydroxyl groups is 1. The Morgan fingerprint density at radius 2 is 2.03 bits per heavy atom. The lowest BCUT2D eigenvalue weighted by molar-refractivity contribution is -0.134. The van der Waals surface area contributed by atoms with Gasteiger partial charge in [0, 0.05) is 36.8 Å². The number of ether oxygens (including phenoxy) is 1. The monoisotopic (exact) mass is 513 g/mol. The van der Waals surface area contributed by atoms with Crippen LogP contribution < -0.4 is 15.4 Å². The molecule has 10 heteroatoms. The molecule has 3 N–H and O–H groups in total. The molecule has 2 heterocycles. The predicted octanol–water partition coefficient (Wildman–Crippen LogP) is 3.43. The van der Waals surface area contributed by atoms with Crippen LogP contribution >= 0.6 is 0 Å². The molecule has 0 saturated heterocycles. The summed E-state index contributed by atoms with van der Waals surface area (Å²) in [5.74, 6) is 1.90. The zero-order valence-electron chi connectivity index (χ0n) is 22.4. The number of aryl methyl sites for hydroxylation is 2. The Hall–Kier alpha value is -3.11. The summed E-state index contributed by atoms with van der Waals surface area (Å²) >= 11 is 0. The molecule has 37 heavy (non-hydrogen) atoms. The highest BCUT2D eigenvalue weighted by Gasteiger charge is 2.32. The topological polar surface area (TPSA) is 120 Å². The first-order valence-electron chi connectivity index (χ1n) is 13.0. The normalized spacial score (nSPS) is 20.9. The lowest BCUT2D eigenvalue weighted by atomic mass is 10.0. The van der Waals surface area contributed by atoms with Crippen molar-refractivity contribution in [3.63, 3.8) is 0 Å². The van der Waals surface area contributed by atoms with Crippen LogP contribution in [-0.2, 0) is 11.2 Å². The number of likely N-dealkylation sites (N-methyl/N-ethyl adjacent to an activating group) is 1. The minimum atomic E-state index is -0.437. The van der Waals surface area contributed by atoms with Crippen molar-refractivity contribution < 1.29 is 24.0 Å². The van der Waals surface area contributed by atoms with Crippen LogP contribution in [0.2, 0.25) is 0 Å². The van der Waals surface area contributed by atoms with Crippen molar-refractivity contribution >= 4 is 23.3 Å². The van der Waals surface area contributed by atoms with E-state index in [9.17, 15) is 14.7 Å². The largest absolute Gasteiger partial charge is 0.488 e. The van der Waals surface area contributed by atoms with E-state index < -0.39 is 6.03 Å². The van der Waals surface area contributed by atoms with Crippen LogP contribution in [0.4, 0.5) is 16.2 Å². The van der Waals surface area contributed by atoms with Gasteiger partial charge in [-0.3, -0.25) is 4.79 Å². The van der Waals surface area contributed by atoms with Crippen molar-refractivity contribution in [2.24, 2.45) is 11.8 Å².